The largest absolute Gasteiger partial charge is 0.416 e. The van der Waals surface area contributed by atoms with Crippen molar-refractivity contribution in [1.29, 1.82) is 0 Å². The second-order valence-electron chi connectivity index (χ2n) is 7.96. The summed E-state index contributed by atoms with van der Waals surface area (Å²) in [6.07, 6.45) is -3.60. The van der Waals surface area contributed by atoms with Gasteiger partial charge in [-0.2, -0.15) is 13.2 Å². The van der Waals surface area contributed by atoms with Crippen molar-refractivity contribution in [2.45, 2.75) is 31.3 Å². The molecule has 0 unspecified atom stereocenters. The summed E-state index contributed by atoms with van der Waals surface area (Å²) < 4.78 is 68.1. The summed E-state index contributed by atoms with van der Waals surface area (Å²) in [7, 11) is -3.08. The first-order chi connectivity index (χ1) is 16.7. The number of carbonyl (C=O) groups is 2. The molecule has 0 aliphatic carbocycles. The molecule has 0 atom stereocenters. The number of aryl methyl sites for hydroxylation is 2. The first-order valence-electron chi connectivity index (χ1n) is 10.4. The number of hydrogen-bond donors (Lipinski definition) is 2. The van der Waals surface area contributed by atoms with E-state index in [1.807, 2.05) is 0 Å². The van der Waals surface area contributed by atoms with E-state index in [4.69, 9.17) is 11.6 Å². The Labute approximate surface area is 210 Å². The van der Waals surface area contributed by atoms with E-state index in [9.17, 15) is 31.2 Å². The molecule has 1 amide bonds. The minimum Gasteiger partial charge on any atom is -0.359 e. The van der Waals surface area contributed by atoms with Gasteiger partial charge in [-0.1, -0.05) is 29.8 Å². The minimum atomic E-state index is -4.76. The van der Waals surface area contributed by atoms with Crippen molar-refractivity contribution < 1.29 is 31.2 Å². The Kier molecular flexibility index (Phi) is 7.75. The maximum atomic E-state index is 13.4. The maximum absolute atomic E-state index is 13.4. The van der Waals surface area contributed by atoms with E-state index in [1.54, 1.807) is 19.1 Å². The topological polar surface area (TPSA) is 105 Å². The van der Waals surface area contributed by atoms with E-state index in [-0.39, 0.29) is 39.9 Å². The van der Waals surface area contributed by atoms with Gasteiger partial charge in [0.25, 0.3) is 10.0 Å². The van der Waals surface area contributed by atoms with Gasteiger partial charge < -0.3 is 5.32 Å². The summed E-state index contributed by atoms with van der Waals surface area (Å²) in [5.74, 6) is -0.938. The quantitative estimate of drug-likeness (QED) is 0.424. The van der Waals surface area contributed by atoms with Crippen molar-refractivity contribution in [3.05, 3.63) is 87.2 Å². The molecule has 0 aliphatic heterocycles. The van der Waals surface area contributed by atoms with Gasteiger partial charge in [-0.15, -0.1) is 0 Å². The number of likely N-dealkylation sites (N-methyl/N-ethyl adjacent to an activating group) is 1. The van der Waals surface area contributed by atoms with Crippen molar-refractivity contribution in [2.75, 3.05) is 11.8 Å². The zero-order valence-electron chi connectivity index (χ0n) is 19.3. The number of halogens is 4. The fourth-order valence-electron chi connectivity index (χ4n) is 3.40. The Morgan fingerprint density at radius 3 is 2.33 bits per heavy atom. The van der Waals surface area contributed by atoms with Crippen LogP contribution in [-0.2, 0) is 27.4 Å². The Hall–Kier alpha value is -3.44. The predicted octanol–water partition coefficient (Wildman–Crippen LogP) is 4.69. The second kappa shape index (κ2) is 10.3. The third-order valence-electron chi connectivity index (χ3n) is 5.33. The monoisotopic (exact) mass is 539 g/mol. The lowest BCUT2D eigenvalue weighted by Crippen LogP contribution is -2.20. The number of hydrogen-bond acceptors (Lipinski definition) is 5. The predicted molar refractivity (Wildman–Crippen MR) is 129 cm³/mol. The normalized spacial score (nSPS) is 11.8. The highest BCUT2D eigenvalue weighted by Crippen LogP contribution is 2.34. The fourth-order valence-corrected chi connectivity index (χ4v) is 4.64. The van der Waals surface area contributed by atoms with E-state index in [0.717, 1.165) is 24.4 Å². The van der Waals surface area contributed by atoms with Crippen LogP contribution in [0.1, 0.15) is 38.3 Å². The Morgan fingerprint density at radius 2 is 1.69 bits per heavy atom. The van der Waals surface area contributed by atoms with Crippen LogP contribution in [0.5, 0.6) is 0 Å². The lowest BCUT2D eigenvalue weighted by Gasteiger charge is -2.15. The maximum Gasteiger partial charge on any atom is 0.416 e. The molecule has 0 fully saturated rings. The number of aromatic nitrogens is 1. The van der Waals surface area contributed by atoms with Crippen molar-refractivity contribution in [3.63, 3.8) is 0 Å². The first kappa shape index (κ1) is 27.2. The van der Waals surface area contributed by atoms with Crippen molar-refractivity contribution in [1.82, 2.24) is 10.3 Å². The summed E-state index contributed by atoms with van der Waals surface area (Å²) in [5, 5.41) is 2.48. The number of alkyl halides is 3. The van der Waals surface area contributed by atoms with Crippen LogP contribution in [0.15, 0.2) is 53.6 Å². The number of ketones is 1. The number of rotatable bonds is 7. The van der Waals surface area contributed by atoms with E-state index in [2.05, 4.69) is 15.0 Å². The van der Waals surface area contributed by atoms with Gasteiger partial charge in [0.2, 0.25) is 11.7 Å². The van der Waals surface area contributed by atoms with Gasteiger partial charge in [0, 0.05) is 18.8 Å². The number of benzene rings is 2. The Morgan fingerprint density at radius 1 is 1.03 bits per heavy atom. The van der Waals surface area contributed by atoms with Gasteiger partial charge in [-0.25, -0.2) is 13.4 Å². The molecular weight excluding hydrogens is 519 g/mol. The highest BCUT2D eigenvalue weighted by molar-refractivity contribution is 7.92. The zero-order valence-corrected chi connectivity index (χ0v) is 20.9. The van der Waals surface area contributed by atoms with E-state index in [1.165, 1.54) is 20.0 Å². The molecule has 12 heteroatoms. The molecule has 2 aromatic carbocycles. The molecule has 1 aromatic heterocycles. The lowest BCUT2D eigenvalue weighted by molar-refractivity contribution is -0.138. The fraction of sp³-hybridized carbons (Fsp3) is 0.208. The molecule has 0 saturated heterocycles. The van der Waals surface area contributed by atoms with Crippen LogP contribution < -0.4 is 10.0 Å². The number of pyridine rings is 1. The van der Waals surface area contributed by atoms with E-state index >= 15 is 0 Å². The van der Waals surface area contributed by atoms with Crippen LogP contribution in [-0.4, -0.2) is 32.1 Å². The number of nitrogens with zero attached hydrogens (tertiary/aromatic N) is 1. The van der Waals surface area contributed by atoms with Crippen LogP contribution in [0.25, 0.3) is 0 Å². The molecular formula is C24H21ClF3N3O4S. The number of anilines is 1. The zero-order chi connectivity index (χ0) is 26.8. The van der Waals surface area contributed by atoms with E-state index in [0.29, 0.717) is 17.2 Å². The molecule has 0 bridgehead atoms. The molecule has 3 rings (SSSR count). The molecule has 36 heavy (non-hydrogen) atoms. The number of sulfonamides is 1. The molecule has 190 valence electrons. The van der Waals surface area contributed by atoms with Crippen LogP contribution in [0.2, 0.25) is 5.02 Å². The van der Waals surface area contributed by atoms with Gasteiger partial charge >= 0.3 is 6.18 Å². The van der Waals surface area contributed by atoms with Crippen molar-refractivity contribution in [3.8, 4) is 0 Å². The van der Waals surface area contributed by atoms with Gasteiger partial charge in [-0.05, 0) is 54.8 Å². The molecule has 0 spiro atoms. The molecule has 3 aromatic rings. The number of nitrogens with one attached hydrogen (secondary N) is 2. The van der Waals surface area contributed by atoms with Crippen molar-refractivity contribution in [2.24, 2.45) is 0 Å². The summed E-state index contributed by atoms with van der Waals surface area (Å²) in [6, 6.07) is 8.54. The van der Waals surface area contributed by atoms with E-state index < -0.39 is 32.4 Å². The highest BCUT2D eigenvalue weighted by atomic mass is 35.5. The smallest absolute Gasteiger partial charge is 0.359 e. The molecule has 7 nitrogen and oxygen atoms in total. The second-order valence-corrected chi connectivity index (χ2v) is 10.1. The number of carbonyl (C=O) groups excluding carboxylic acids is 2. The standard InChI is InChI=1S/C24H21ClF3N3O4S/c1-13-4-6-15(9-21(32)29-3)8-18(13)23(33)22-20(10-16(25)12-30-22)31-36(34,35)17-7-5-14(2)19(11-17)24(26,27)28/h4-8,10-12,31H,9H2,1-3H3,(H,29,32). The average Bonchev–Trinajstić information content (AvgIpc) is 2.79. The SMILES string of the molecule is CNC(=O)Cc1ccc(C)c(C(=O)c2ncc(Cl)cc2NS(=O)(=O)c2ccc(C)c(C(F)(F)F)c2)c1. The molecule has 2 N–H and O–H groups in total. The Bertz CT molecular complexity index is 1460. The highest BCUT2D eigenvalue weighted by Gasteiger charge is 2.34. The van der Waals surface area contributed by atoms with Gasteiger partial charge in [0.15, 0.2) is 0 Å². The average molecular weight is 540 g/mol. The van der Waals surface area contributed by atoms with Gasteiger partial charge in [0.1, 0.15) is 5.69 Å². The third kappa shape index (κ3) is 6.03. The summed E-state index contributed by atoms with van der Waals surface area (Å²) in [5.41, 5.74) is -0.618. The molecule has 0 radical (unpaired) electrons. The molecule has 0 aliphatic rings. The molecule has 0 saturated carbocycles. The first-order valence-corrected chi connectivity index (χ1v) is 12.3. The van der Waals surface area contributed by atoms with Gasteiger partial charge in [-0.3, -0.25) is 14.3 Å². The lowest BCUT2D eigenvalue weighted by atomic mass is 9.97. The minimum absolute atomic E-state index is 0.00535. The van der Waals surface area contributed by atoms with Crippen LogP contribution in [0.4, 0.5) is 18.9 Å². The van der Waals surface area contributed by atoms with Crippen LogP contribution in [0, 0.1) is 13.8 Å². The van der Waals surface area contributed by atoms with Crippen molar-refractivity contribution >= 4 is 39.0 Å². The van der Waals surface area contributed by atoms with Crippen LogP contribution in [0.3, 0.4) is 0 Å². The number of amides is 1. The third-order valence-corrected chi connectivity index (χ3v) is 6.90. The molecule has 1 heterocycles. The van der Waals surface area contributed by atoms with Gasteiger partial charge in [0.05, 0.1) is 27.6 Å². The Balaban J connectivity index is 2.04. The summed E-state index contributed by atoms with van der Waals surface area (Å²) >= 11 is 5.98. The summed E-state index contributed by atoms with van der Waals surface area (Å²) in [4.78, 5) is 28.4. The van der Waals surface area contributed by atoms with Crippen LogP contribution >= 0.6 is 11.6 Å². The summed E-state index contributed by atoms with van der Waals surface area (Å²) in [6.45, 7) is 2.87.